The maximum Gasteiger partial charge on any atom is 0.122 e. The van der Waals surface area contributed by atoms with Crippen molar-refractivity contribution in [2.24, 2.45) is 0 Å². The Labute approximate surface area is 111 Å². The van der Waals surface area contributed by atoms with Gasteiger partial charge < -0.3 is 4.74 Å². The van der Waals surface area contributed by atoms with Gasteiger partial charge in [0.05, 0.1) is 12.6 Å². The number of alkyl halides is 1. The molecule has 0 N–H and O–H groups in total. The summed E-state index contributed by atoms with van der Waals surface area (Å²) < 4.78 is 5.36. The molecule has 0 saturated heterocycles. The minimum Gasteiger partial charge on any atom is -0.496 e. The van der Waals surface area contributed by atoms with Gasteiger partial charge in [-0.2, -0.15) is 0 Å². The molecule has 0 fully saturated rings. The highest BCUT2D eigenvalue weighted by atomic mass is 79.9. The Kier molecular flexibility index (Phi) is 5.59. The Morgan fingerprint density at radius 2 is 2.12 bits per heavy atom. The lowest BCUT2D eigenvalue weighted by Crippen LogP contribution is -2.19. The molecule has 90 valence electrons. The van der Waals surface area contributed by atoms with E-state index in [1.54, 1.807) is 7.11 Å². The third kappa shape index (κ3) is 3.65. The molecule has 0 unspecified atom stereocenters. The number of hydrogen-bond donors (Lipinski definition) is 0. The van der Waals surface area contributed by atoms with E-state index in [1.165, 1.54) is 0 Å². The molecule has 0 atom stereocenters. The Hall–Kier alpha value is -0.250. The lowest BCUT2D eigenvalue weighted by molar-refractivity contribution is 0.385. The highest BCUT2D eigenvalue weighted by Gasteiger charge is 2.07. The van der Waals surface area contributed by atoms with Crippen molar-refractivity contribution >= 4 is 27.5 Å². The van der Waals surface area contributed by atoms with Crippen LogP contribution < -0.4 is 4.74 Å². The van der Waals surface area contributed by atoms with E-state index in [-0.39, 0.29) is 0 Å². The molecule has 0 spiro atoms. The van der Waals surface area contributed by atoms with Gasteiger partial charge in [0.1, 0.15) is 5.75 Å². The molecular formula is C12H17BrClNO. The first kappa shape index (κ1) is 13.8. The minimum absolute atomic E-state index is 0.803. The topological polar surface area (TPSA) is 12.5 Å². The molecule has 0 aliphatic heterocycles. The zero-order valence-corrected chi connectivity index (χ0v) is 12.2. The number of halogens is 2. The van der Waals surface area contributed by atoms with Gasteiger partial charge in [-0.1, -0.05) is 27.5 Å². The number of nitrogens with zero attached hydrogens (tertiary/aromatic N) is 1. The number of likely N-dealkylation sites (N-methyl/N-ethyl adjacent to an activating group) is 1. The number of ether oxygens (including phenoxy) is 1. The first-order chi connectivity index (χ1) is 7.58. The number of methoxy groups -OCH3 is 1. The van der Waals surface area contributed by atoms with Crippen LogP contribution in [0, 0.1) is 6.92 Å². The molecule has 0 amide bonds. The van der Waals surface area contributed by atoms with Crippen LogP contribution in [-0.4, -0.2) is 31.1 Å². The zero-order valence-electron chi connectivity index (χ0n) is 9.89. The van der Waals surface area contributed by atoms with E-state index in [9.17, 15) is 0 Å². The number of benzene rings is 1. The van der Waals surface area contributed by atoms with Crippen molar-refractivity contribution in [3.05, 3.63) is 28.3 Å². The molecule has 0 aliphatic rings. The molecular weight excluding hydrogens is 289 g/mol. The SMILES string of the molecule is COc1cc(C)c(Cl)cc1CCN(C)CBr. The third-order valence-corrected chi connectivity index (χ3v) is 3.79. The van der Waals surface area contributed by atoms with Crippen molar-refractivity contribution in [2.75, 3.05) is 26.2 Å². The third-order valence-electron chi connectivity index (χ3n) is 2.53. The van der Waals surface area contributed by atoms with E-state index in [0.29, 0.717) is 0 Å². The van der Waals surface area contributed by atoms with Crippen LogP contribution in [0.5, 0.6) is 5.75 Å². The van der Waals surface area contributed by atoms with Crippen molar-refractivity contribution < 1.29 is 4.74 Å². The summed E-state index contributed by atoms with van der Waals surface area (Å²) in [6.45, 7) is 2.96. The summed E-state index contributed by atoms with van der Waals surface area (Å²) in [6, 6.07) is 3.99. The smallest absolute Gasteiger partial charge is 0.122 e. The Balaban J connectivity index is 2.81. The number of rotatable bonds is 5. The standard InChI is InChI=1S/C12H17BrClNO/c1-9-6-12(16-3)10(7-11(9)14)4-5-15(2)8-13/h6-7H,4-5,8H2,1-3H3. The van der Waals surface area contributed by atoms with Crippen LogP contribution in [0.3, 0.4) is 0 Å². The van der Waals surface area contributed by atoms with Crippen molar-refractivity contribution in [1.82, 2.24) is 4.90 Å². The van der Waals surface area contributed by atoms with Crippen molar-refractivity contribution in [3.63, 3.8) is 0 Å². The monoisotopic (exact) mass is 305 g/mol. The van der Waals surface area contributed by atoms with Gasteiger partial charge >= 0.3 is 0 Å². The fourth-order valence-electron chi connectivity index (χ4n) is 1.45. The minimum atomic E-state index is 0.803. The van der Waals surface area contributed by atoms with E-state index in [1.807, 2.05) is 19.1 Å². The van der Waals surface area contributed by atoms with E-state index < -0.39 is 0 Å². The van der Waals surface area contributed by atoms with Gasteiger partial charge in [-0.05, 0) is 43.7 Å². The normalized spacial score (nSPS) is 10.9. The second kappa shape index (κ2) is 6.48. The lowest BCUT2D eigenvalue weighted by Gasteiger charge is -2.15. The molecule has 4 heteroatoms. The lowest BCUT2D eigenvalue weighted by atomic mass is 10.1. The summed E-state index contributed by atoms with van der Waals surface area (Å²) >= 11 is 9.53. The second-order valence-electron chi connectivity index (χ2n) is 3.86. The van der Waals surface area contributed by atoms with Gasteiger partial charge in [-0.3, -0.25) is 4.90 Å². The van der Waals surface area contributed by atoms with Crippen LogP contribution in [-0.2, 0) is 6.42 Å². The summed E-state index contributed by atoms with van der Waals surface area (Å²) in [7, 11) is 3.76. The van der Waals surface area contributed by atoms with Gasteiger partial charge in [-0.25, -0.2) is 0 Å². The Morgan fingerprint density at radius 1 is 1.44 bits per heavy atom. The molecule has 1 aromatic rings. The van der Waals surface area contributed by atoms with Crippen LogP contribution >= 0.6 is 27.5 Å². The summed E-state index contributed by atoms with van der Waals surface area (Å²) in [6.07, 6.45) is 0.936. The van der Waals surface area contributed by atoms with Gasteiger partial charge in [-0.15, -0.1) is 0 Å². The van der Waals surface area contributed by atoms with Crippen molar-refractivity contribution in [1.29, 1.82) is 0 Å². The van der Waals surface area contributed by atoms with E-state index in [4.69, 9.17) is 16.3 Å². The van der Waals surface area contributed by atoms with Crippen LogP contribution in [0.1, 0.15) is 11.1 Å². The molecule has 0 saturated carbocycles. The van der Waals surface area contributed by atoms with E-state index in [2.05, 4.69) is 27.9 Å². The summed E-state index contributed by atoms with van der Waals surface area (Å²) in [5, 5.41) is 0.803. The van der Waals surface area contributed by atoms with Gasteiger partial charge in [0, 0.05) is 11.6 Å². The number of aryl methyl sites for hydroxylation is 1. The fourth-order valence-corrected chi connectivity index (χ4v) is 1.89. The van der Waals surface area contributed by atoms with Crippen molar-refractivity contribution in [2.45, 2.75) is 13.3 Å². The molecule has 1 rings (SSSR count). The first-order valence-corrected chi connectivity index (χ1v) is 6.66. The molecule has 1 aromatic carbocycles. The predicted octanol–water partition coefficient (Wildman–Crippen LogP) is 3.48. The van der Waals surface area contributed by atoms with Crippen LogP contribution in [0.4, 0.5) is 0 Å². The Morgan fingerprint density at radius 3 is 2.69 bits per heavy atom. The van der Waals surface area contributed by atoms with E-state index in [0.717, 1.165) is 40.3 Å². The zero-order chi connectivity index (χ0) is 12.1. The molecule has 0 heterocycles. The van der Waals surface area contributed by atoms with E-state index >= 15 is 0 Å². The van der Waals surface area contributed by atoms with Gasteiger partial charge in [0.25, 0.3) is 0 Å². The fraction of sp³-hybridized carbons (Fsp3) is 0.500. The van der Waals surface area contributed by atoms with Crippen LogP contribution in [0.15, 0.2) is 12.1 Å². The molecule has 0 radical (unpaired) electrons. The molecule has 0 aliphatic carbocycles. The molecule has 16 heavy (non-hydrogen) atoms. The average molecular weight is 307 g/mol. The number of hydrogen-bond acceptors (Lipinski definition) is 2. The molecule has 0 bridgehead atoms. The first-order valence-electron chi connectivity index (χ1n) is 5.16. The summed E-state index contributed by atoms with van der Waals surface area (Å²) in [5.74, 6) is 0.921. The van der Waals surface area contributed by atoms with Gasteiger partial charge in [0.15, 0.2) is 0 Å². The highest BCUT2D eigenvalue weighted by Crippen LogP contribution is 2.26. The summed E-state index contributed by atoms with van der Waals surface area (Å²) in [5.41, 5.74) is 3.08. The maximum atomic E-state index is 6.11. The summed E-state index contributed by atoms with van der Waals surface area (Å²) in [4.78, 5) is 2.19. The highest BCUT2D eigenvalue weighted by molar-refractivity contribution is 9.09. The van der Waals surface area contributed by atoms with Crippen molar-refractivity contribution in [3.8, 4) is 5.75 Å². The maximum absolute atomic E-state index is 6.11. The largest absolute Gasteiger partial charge is 0.496 e. The predicted molar refractivity (Wildman–Crippen MR) is 72.9 cm³/mol. The molecule has 2 nitrogen and oxygen atoms in total. The van der Waals surface area contributed by atoms with Gasteiger partial charge in [0.2, 0.25) is 0 Å². The quantitative estimate of drug-likeness (QED) is 0.610. The second-order valence-corrected chi connectivity index (χ2v) is 4.77. The Bertz CT molecular complexity index is 357. The van der Waals surface area contributed by atoms with Crippen LogP contribution in [0.25, 0.3) is 0 Å². The molecule has 0 aromatic heterocycles. The average Bonchev–Trinajstić information content (AvgIpc) is 2.29. The van der Waals surface area contributed by atoms with Crippen LogP contribution in [0.2, 0.25) is 5.02 Å².